The van der Waals surface area contributed by atoms with Gasteiger partial charge in [0.25, 0.3) is 0 Å². The number of carbonyl (C=O) groups is 1. The first-order valence-electron chi connectivity index (χ1n) is 10.3. The summed E-state index contributed by atoms with van der Waals surface area (Å²) in [5.41, 5.74) is 1.59. The number of methoxy groups -OCH3 is 1. The molecule has 3 aromatic rings. The van der Waals surface area contributed by atoms with Gasteiger partial charge in [0.2, 0.25) is 0 Å². The summed E-state index contributed by atoms with van der Waals surface area (Å²) in [5, 5.41) is 22.6. The van der Waals surface area contributed by atoms with Crippen LogP contribution in [0.3, 0.4) is 0 Å². The molecule has 2 N–H and O–H groups in total. The Balaban J connectivity index is 1.46. The van der Waals surface area contributed by atoms with Gasteiger partial charge in [0.15, 0.2) is 0 Å². The minimum atomic E-state index is -0.786. The van der Waals surface area contributed by atoms with Gasteiger partial charge >= 0.3 is 5.97 Å². The normalized spacial score (nSPS) is 20.0. The minimum Gasteiger partial charge on any atom is -0.497 e. The highest BCUT2D eigenvalue weighted by atomic mass is 35.5. The van der Waals surface area contributed by atoms with Crippen molar-refractivity contribution in [3.05, 3.63) is 52.5 Å². The monoisotopic (exact) mass is 460 g/mol. The Morgan fingerprint density at radius 3 is 2.90 bits per heavy atom. The second kappa shape index (κ2) is 9.42. The molecule has 0 radical (unpaired) electrons. The van der Waals surface area contributed by atoms with Gasteiger partial charge in [0.05, 0.1) is 34.0 Å². The van der Waals surface area contributed by atoms with E-state index in [4.69, 9.17) is 16.3 Å². The highest BCUT2D eigenvalue weighted by Gasteiger charge is 2.35. The molecule has 1 saturated heterocycles. The second-order valence-electron chi connectivity index (χ2n) is 7.89. The predicted octanol–water partition coefficient (Wildman–Crippen LogP) is 5.00. The van der Waals surface area contributed by atoms with Crippen molar-refractivity contribution in [3.8, 4) is 5.75 Å². The fraction of sp³-hybridized carbons (Fsp3) is 0.391. The van der Waals surface area contributed by atoms with Crippen LogP contribution in [-0.2, 0) is 4.79 Å². The molecule has 4 rings (SSSR count). The lowest BCUT2D eigenvalue weighted by atomic mass is 9.81. The molecule has 0 saturated carbocycles. The standard InChI is InChI=1S/C23H25ClN2O4S/c1-30-15-3-4-19-17(12-15)16(8-10-25-19)20(27)5-2-14-9-11-26(13-18(14)23(28)29)22-7-6-21(24)31-22/h3-4,6-8,10,12,14,18,20,27H,2,5,9,11,13H2,1H3,(H,28,29)/t14-,18+,20+/m1/s1. The molecule has 0 unspecified atom stereocenters. The summed E-state index contributed by atoms with van der Waals surface area (Å²) in [6, 6.07) is 11.2. The van der Waals surface area contributed by atoms with Crippen LogP contribution in [0, 0.1) is 11.8 Å². The Kier molecular flexibility index (Phi) is 6.65. The second-order valence-corrected chi connectivity index (χ2v) is 9.59. The zero-order valence-electron chi connectivity index (χ0n) is 17.2. The first kappa shape index (κ1) is 21.9. The van der Waals surface area contributed by atoms with Crippen molar-refractivity contribution in [2.75, 3.05) is 25.1 Å². The number of ether oxygens (including phenoxy) is 1. The highest BCUT2D eigenvalue weighted by molar-refractivity contribution is 7.19. The summed E-state index contributed by atoms with van der Waals surface area (Å²) in [6.07, 6.45) is 2.91. The van der Waals surface area contributed by atoms with Crippen molar-refractivity contribution in [2.24, 2.45) is 11.8 Å². The molecular weight excluding hydrogens is 436 g/mol. The molecule has 0 aliphatic carbocycles. The quantitative estimate of drug-likeness (QED) is 0.516. The number of piperidine rings is 1. The summed E-state index contributed by atoms with van der Waals surface area (Å²) in [4.78, 5) is 18.4. The van der Waals surface area contributed by atoms with Crippen molar-refractivity contribution >= 4 is 44.8 Å². The van der Waals surface area contributed by atoms with E-state index in [1.54, 1.807) is 13.3 Å². The number of aliphatic hydroxyl groups is 1. The fourth-order valence-corrected chi connectivity index (χ4v) is 5.46. The topological polar surface area (TPSA) is 82.9 Å². The van der Waals surface area contributed by atoms with E-state index in [9.17, 15) is 15.0 Å². The molecule has 0 amide bonds. The SMILES string of the molecule is COc1ccc2nccc([C@@H](O)CC[C@@H]3CCN(c4ccc(Cl)s4)C[C@@H]3C(=O)O)c2c1. The predicted molar refractivity (Wildman–Crippen MR) is 123 cm³/mol. The number of pyridine rings is 1. The van der Waals surface area contributed by atoms with Crippen molar-refractivity contribution in [1.82, 2.24) is 4.98 Å². The molecule has 1 fully saturated rings. The molecule has 3 atom stereocenters. The lowest BCUT2D eigenvalue weighted by molar-refractivity contribution is -0.144. The zero-order chi connectivity index (χ0) is 22.0. The van der Waals surface area contributed by atoms with E-state index in [2.05, 4.69) is 9.88 Å². The van der Waals surface area contributed by atoms with Gasteiger partial charge in [-0.2, -0.15) is 0 Å². The van der Waals surface area contributed by atoms with Gasteiger partial charge in [-0.3, -0.25) is 9.78 Å². The van der Waals surface area contributed by atoms with Crippen LogP contribution in [-0.4, -0.2) is 41.4 Å². The number of aliphatic hydroxyl groups excluding tert-OH is 1. The number of aromatic nitrogens is 1. The highest BCUT2D eigenvalue weighted by Crippen LogP contribution is 2.37. The maximum atomic E-state index is 12.0. The van der Waals surface area contributed by atoms with Crippen molar-refractivity contribution in [2.45, 2.75) is 25.4 Å². The van der Waals surface area contributed by atoms with Crippen molar-refractivity contribution in [3.63, 3.8) is 0 Å². The average Bonchev–Trinajstić information content (AvgIpc) is 3.22. The number of nitrogens with zero attached hydrogens (tertiary/aromatic N) is 2. The molecule has 2 aromatic heterocycles. The van der Waals surface area contributed by atoms with Gasteiger partial charge in [-0.1, -0.05) is 11.6 Å². The van der Waals surface area contributed by atoms with Gasteiger partial charge in [0.1, 0.15) is 5.75 Å². The fourth-order valence-electron chi connectivity index (χ4n) is 4.39. The molecule has 0 spiro atoms. The molecule has 1 aromatic carbocycles. The number of thiophene rings is 1. The number of aliphatic carboxylic acids is 1. The van der Waals surface area contributed by atoms with E-state index in [0.29, 0.717) is 29.5 Å². The molecule has 1 aliphatic heterocycles. The molecule has 164 valence electrons. The van der Waals surface area contributed by atoms with Crippen molar-refractivity contribution in [1.29, 1.82) is 0 Å². The van der Waals surface area contributed by atoms with E-state index in [1.165, 1.54) is 11.3 Å². The molecular formula is C23H25ClN2O4S. The Bertz CT molecular complexity index is 1070. The number of anilines is 1. The van der Waals surface area contributed by atoms with E-state index >= 15 is 0 Å². The smallest absolute Gasteiger partial charge is 0.308 e. The lowest BCUT2D eigenvalue weighted by Crippen LogP contribution is -2.43. The maximum Gasteiger partial charge on any atom is 0.308 e. The maximum absolute atomic E-state index is 12.0. The minimum absolute atomic E-state index is 0.0153. The van der Waals surface area contributed by atoms with Crippen LogP contribution in [0.5, 0.6) is 5.75 Å². The molecule has 0 bridgehead atoms. The number of hydrogen-bond acceptors (Lipinski definition) is 6. The molecule has 1 aliphatic rings. The molecule has 8 heteroatoms. The number of halogens is 1. The summed E-state index contributed by atoms with van der Waals surface area (Å²) in [5.74, 6) is -0.538. The first-order chi connectivity index (χ1) is 15.0. The molecule has 31 heavy (non-hydrogen) atoms. The van der Waals surface area contributed by atoms with Crippen LogP contribution >= 0.6 is 22.9 Å². The number of carboxylic acids is 1. The van der Waals surface area contributed by atoms with Gasteiger partial charge in [-0.15, -0.1) is 11.3 Å². The van der Waals surface area contributed by atoms with E-state index in [-0.39, 0.29) is 5.92 Å². The first-order valence-corrected chi connectivity index (χ1v) is 11.5. The number of rotatable bonds is 7. The van der Waals surface area contributed by atoms with Gasteiger partial charge in [-0.05, 0) is 67.1 Å². The van der Waals surface area contributed by atoms with E-state index in [1.807, 2.05) is 36.4 Å². The van der Waals surface area contributed by atoms with Crippen LogP contribution in [0.25, 0.3) is 10.9 Å². The lowest BCUT2D eigenvalue weighted by Gasteiger charge is -2.37. The number of carboxylic acid groups (broad SMARTS) is 1. The largest absolute Gasteiger partial charge is 0.497 e. The Labute approximate surface area is 190 Å². The van der Waals surface area contributed by atoms with Gasteiger partial charge in [0, 0.05) is 24.7 Å². The average molecular weight is 461 g/mol. The summed E-state index contributed by atoms with van der Waals surface area (Å²) in [7, 11) is 1.61. The van der Waals surface area contributed by atoms with Crippen LogP contribution in [0.1, 0.15) is 30.9 Å². The Morgan fingerprint density at radius 1 is 1.35 bits per heavy atom. The zero-order valence-corrected chi connectivity index (χ0v) is 18.8. The van der Waals surface area contributed by atoms with Crippen LogP contribution < -0.4 is 9.64 Å². The molecule has 3 heterocycles. The summed E-state index contributed by atoms with van der Waals surface area (Å²) >= 11 is 7.52. The molecule has 6 nitrogen and oxygen atoms in total. The van der Waals surface area contributed by atoms with E-state index < -0.39 is 18.0 Å². The number of hydrogen-bond donors (Lipinski definition) is 2. The third-order valence-electron chi connectivity index (χ3n) is 6.10. The third kappa shape index (κ3) is 4.79. The Hall–Kier alpha value is -2.35. The van der Waals surface area contributed by atoms with Crippen molar-refractivity contribution < 1.29 is 19.7 Å². The number of benzene rings is 1. The summed E-state index contributed by atoms with van der Waals surface area (Å²) in [6.45, 7) is 1.25. The van der Waals surface area contributed by atoms with Crippen LogP contribution in [0.4, 0.5) is 5.00 Å². The van der Waals surface area contributed by atoms with Gasteiger partial charge in [-0.25, -0.2) is 0 Å². The van der Waals surface area contributed by atoms with Gasteiger partial charge < -0.3 is 19.8 Å². The Morgan fingerprint density at radius 2 is 2.19 bits per heavy atom. The number of fused-ring (bicyclic) bond motifs is 1. The summed E-state index contributed by atoms with van der Waals surface area (Å²) < 4.78 is 6.02. The van der Waals surface area contributed by atoms with Crippen LogP contribution in [0.15, 0.2) is 42.6 Å². The van der Waals surface area contributed by atoms with E-state index in [0.717, 1.165) is 34.4 Å². The third-order valence-corrected chi connectivity index (χ3v) is 7.39. The van der Waals surface area contributed by atoms with Crippen LogP contribution in [0.2, 0.25) is 4.34 Å².